The van der Waals surface area contributed by atoms with Gasteiger partial charge in [-0.1, -0.05) is 32.4 Å². The second-order valence-corrected chi connectivity index (χ2v) is 4.98. The number of rotatable bonds is 6. The Balaban J connectivity index is 2.17. The van der Waals surface area contributed by atoms with Crippen LogP contribution in [0.3, 0.4) is 0 Å². The van der Waals surface area contributed by atoms with Gasteiger partial charge in [0.15, 0.2) is 0 Å². The first-order chi connectivity index (χ1) is 8.18. The fourth-order valence-corrected chi connectivity index (χ4v) is 2.18. The summed E-state index contributed by atoms with van der Waals surface area (Å²) in [4.78, 5) is 0. The van der Waals surface area contributed by atoms with Crippen LogP contribution < -0.4 is 4.74 Å². The highest BCUT2D eigenvalue weighted by Gasteiger charge is 2.27. The number of ether oxygens (including phenoxy) is 1. The Morgan fingerprint density at radius 3 is 2.71 bits per heavy atom. The van der Waals surface area contributed by atoms with Crippen molar-refractivity contribution >= 4 is 0 Å². The second-order valence-electron chi connectivity index (χ2n) is 4.98. The molecule has 1 saturated carbocycles. The van der Waals surface area contributed by atoms with Crippen molar-refractivity contribution in [1.29, 1.82) is 0 Å². The molecule has 1 aliphatic carbocycles. The molecule has 1 fully saturated rings. The van der Waals surface area contributed by atoms with Crippen LogP contribution in [0.2, 0.25) is 0 Å². The standard InChI is InChI=1S/C15H22O2/c1-3-10-15(16,4-2)12-6-5-7-14(11-12)17-13-8-9-13/h5-7,11,13,16H,3-4,8-10H2,1-2H3. The summed E-state index contributed by atoms with van der Waals surface area (Å²) in [7, 11) is 0. The third-order valence-corrected chi connectivity index (χ3v) is 3.45. The summed E-state index contributed by atoms with van der Waals surface area (Å²) in [6, 6.07) is 7.95. The molecule has 0 bridgehead atoms. The number of benzene rings is 1. The molecule has 0 amide bonds. The molecule has 1 atom stereocenters. The van der Waals surface area contributed by atoms with E-state index < -0.39 is 5.60 Å². The van der Waals surface area contributed by atoms with Crippen LogP contribution in [0.15, 0.2) is 24.3 Å². The van der Waals surface area contributed by atoms with E-state index in [0.717, 1.165) is 43.4 Å². The zero-order valence-corrected chi connectivity index (χ0v) is 10.8. The number of hydrogen-bond donors (Lipinski definition) is 1. The lowest BCUT2D eigenvalue weighted by Crippen LogP contribution is -2.24. The van der Waals surface area contributed by atoms with Crippen LogP contribution in [0.1, 0.15) is 51.5 Å². The molecule has 0 heterocycles. The molecule has 0 aliphatic heterocycles. The Bertz CT molecular complexity index is 371. The predicted molar refractivity (Wildman–Crippen MR) is 69.2 cm³/mol. The van der Waals surface area contributed by atoms with Crippen LogP contribution in [0.4, 0.5) is 0 Å². The first kappa shape index (κ1) is 12.4. The van der Waals surface area contributed by atoms with Crippen LogP contribution in [-0.4, -0.2) is 11.2 Å². The highest BCUT2D eigenvalue weighted by atomic mass is 16.5. The molecule has 1 N–H and O–H groups in total. The lowest BCUT2D eigenvalue weighted by molar-refractivity contribution is 0.0223. The molecule has 17 heavy (non-hydrogen) atoms. The fraction of sp³-hybridized carbons (Fsp3) is 0.600. The molecule has 0 spiro atoms. The number of hydrogen-bond acceptors (Lipinski definition) is 2. The van der Waals surface area contributed by atoms with E-state index in [1.54, 1.807) is 0 Å². The molecular formula is C15H22O2. The second kappa shape index (κ2) is 5.09. The van der Waals surface area contributed by atoms with Gasteiger partial charge in [0, 0.05) is 0 Å². The van der Waals surface area contributed by atoms with Crippen molar-refractivity contribution in [2.75, 3.05) is 0 Å². The summed E-state index contributed by atoms with van der Waals surface area (Å²) in [5.74, 6) is 0.896. The Kier molecular flexibility index (Phi) is 3.72. The third kappa shape index (κ3) is 3.01. The summed E-state index contributed by atoms with van der Waals surface area (Å²) < 4.78 is 5.77. The smallest absolute Gasteiger partial charge is 0.120 e. The van der Waals surface area contributed by atoms with Gasteiger partial charge >= 0.3 is 0 Å². The first-order valence-electron chi connectivity index (χ1n) is 6.67. The van der Waals surface area contributed by atoms with Gasteiger partial charge in [-0.25, -0.2) is 0 Å². The summed E-state index contributed by atoms with van der Waals surface area (Å²) in [6.07, 6.45) is 5.27. The van der Waals surface area contributed by atoms with Crippen LogP contribution >= 0.6 is 0 Å². The van der Waals surface area contributed by atoms with Crippen molar-refractivity contribution < 1.29 is 9.84 Å². The maximum atomic E-state index is 10.6. The van der Waals surface area contributed by atoms with Crippen LogP contribution in [-0.2, 0) is 5.60 Å². The van der Waals surface area contributed by atoms with Crippen LogP contribution in [0.25, 0.3) is 0 Å². The molecule has 94 valence electrons. The summed E-state index contributed by atoms with van der Waals surface area (Å²) in [6.45, 7) is 4.13. The van der Waals surface area contributed by atoms with Gasteiger partial charge in [0.1, 0.15) is 5.75 Å². The monoisotopic (exact) mass is 234 g/mol. The van der Waals surface area contributed by atoms with E-state index in [1.165, 1.54) is 0 Å². The Labute approximate surface area is 104 Å². The maximum absolute atomic E-state index is 10.6. The van der Waals surface area contributed by atoms with Gasteiger partial charge in [0.2, 0.25) is 0 Å². The van der Waals surface area contributed by atoms with Crippen molar-refractivity contribution in [3.8, 4) is 5.75 Å². The average Bonchev–Trinajstić information content (AvgIpc) is 3.13. The van der Waals surface area contributed by atoms with E-state index in [1.807, 2.05) is 31.2 Å². The van der Waals surface area contributed by atoms with E-state index >= 15 is 0 Å². The van der Waals surface area contributed by atoms with Gasteiger partial charge in [-0.05, 0) is 43.4 Å². The van der Waals surface area contributed by atoms with Crippen LogP contribution in [0, 0.1) is 0 Å². The molecule has 0 aromatic heterocycles. The van der Waals surface area contributed by atoms with Crippen LogP contribution in [0.5, 0.6) is 5.75 Å². The van der Waals surface area contributed by atoms with E-state index in [0.29, 0.717) is 6.10 Å². The van der Waals surface area contributed by atoms with Gasteiger partial charge in [0.25, 0.3) is 0 Å². The Hall–Kier alpha value is -1.02. The quantitative estimate of drug-likeness (QED) is 0.814. The molecule has 1 aromatic carbocycles. The zero-order chi connectivity index (χ0) is 12.3. The lowest BCUT2D eigenvalue weighted by atomic mass is 9.87. The van der Waals surface area contributed by atoms with Gasteiger partial charge < -0.3 is 9.84 Å². The molecule has 0 radical (unpaired) electrons. The van der Waals surface area contributed by atoms with Gasteiger partial charge in [-0.2, -0.15) is 0 Å². The topological polar surface area (TPSA) is 29.5 Å². The van der Waals surface area contributed by atoms with E-state index in [9.17, 15) is 5.11 Å². The maximum Gasteiger partial charge on any atom is 0.120 e. The van der Waals surface area contributed by atoms with E-state index in [-0.39, 0.29) is 0 Å². The zero-order valence-electron chi connectivity index (χ0n) is 10.8. The Morgan fingerprint density at radius 1 is 1.35 bits per heavy atom. The van der Waals surface area contributed by atoms with Gasteiger partial charge in [-0.15, -0.1) is 0 Å². The predicted octanol–water partition coefficient (Wildman–Crippen LogP) is 3.63. The fourth-order valence-electron chi connectivity index (χ4n) is 2.18. The first-order valence-corrected chi connectivity index (χ1v) is 6.67. The molecule has 1 aromatic rings. The third-order valence-electron chi connectivity index (χ3n) is 3.45. The summed E-state index contributed by atoms with van der Waals surface area (Å²) in [5, 5.41) is 10.6. The summed E-state index contributed by atoms with van der Waals surface area (Å²) >= 11 is 0. The SMILES string of the molecule is CCCC(O)(CC)c1cccc(OC2CC2)c1. The molecule has 2 rings (SSSR count). The van der Waals surface area contributed by atoms with Crippen molar-refractivity contribution in [1.82, 2.24) is 0 Å². The van der Waals surface area contributed by atoms with Crippen molar-refractivity contribution in [2.45, 2.75) is 57.7 Å². The van der Waals surface area contributed by atoms with Gasteiger partial charge in [-0.3, -0.25) is 0 Å². The molecule has 2 nitrogen and oxygen atoms in total. The van der Waals surface area contributed by atoms with E-state index in [4.69, 9.17) is 4.74 Å². The molecule has 0 saturated heterocycles. The highest BCUT2D eigenvalue weighted by molar-refractivity contribution is 5.32. The molecule has 1 aliphatic rings. The average molecular weight is 234 g/mol. The van der Waals surface area contributed by atoms with Crippen molar-refractivity contribution in [2.24, 2.45) is 0 Å². The summed E-state index contributed by atoms with van der Waals surface area (Å²) in [5.41, 5.74) is 0.289. The number of aliphatic hydroxyl groups is 1. The van der Waals surface area contributed by atoms with E-state index in [2.05, 4.69) is 6.92 Å². The largest absolute Gasteiger partial charge is 0.490 e. The van der Waals surface area contributed by atoms with Crippen molar-refractivity contribution in [3.05, 3.63) is 29.8 Å². The lowest BCUT2D eigenvalue weighted by Gasteiger charge is -2.27. The molecular weight excluding hydrogens is 212 g/mol. The van der Waals surface area contributed by atoms with Crippen molar-refractivity contribution in [3.63, 3.8) is 0 Å². The highest BCUT2D eigenvalue weighted by Crippen LogP contribution is 2.33. The minimum Gasteiger partial charge on any atom is -0.490 e. The molecule has 1 unspecified atom stereocenters. The molecule has 2 heteroatoms. The minimum atomic E-state index is -0.697. The normalized spacial score (nSPS) is 18.8. The van der Waals surface area contributed by atoms with Gasteiger partial charge in [0.05, 0.1) is 11.7 Å². The minimum absolute atomic E-state index is 0.408. The Morgan fingerprint density at radius 2 is 2.12 bits per heavy atom.